The highest BCUT2D eigenvalue weighted by Crippen LogP contribution is 2.31. The minimum atomic E-state index is 0.971. The smallest absolute Gasteiger partial charge is 0.0170 e. The molecule has 20 heavy (non-hydrogen) atoms. The summed E-state index contributed by atoms with van der Waals surface area (Å²) in [5, 5.41) is 0. The molecular weight excluding hydrogens is 260 g/mol. The first-order valence-corrected chi connectivity index (χ1v) is 7.68. The van der Waals surface area contributed by atoms with Crippen molar-refractivity contribution in [2.24, 2.45) is 0 Å². The van der Waals surface area contributed by atoms with Crippen LogP contribution >= 0.6 is 11.8 Å². The second-order valence-electron chi connectivity index (χ2n) is 4.69. The van der Waals surface area contributed by atoms with Gasteiger partial charge in [0.25, 0.3) is 0 Å². The van der Waals surface area contributed by atoms with Gasteiger partial charge in [0.15, 0.2) is 0 Å². The number of hydrogen-bond acceptors (Lipinski definition) is 1. The van der Waals surface area contributed by atoms with Crippen LogP contribution in [0.25, 0.3) is 11.1 Å². The minimum Gasteiger partial charge on any atom is -0.121 e. The molecule has 0 fully saturated rings. The summed E-state index contributed by atoms with van der Waals surface area (Å²) >= 11 is 1.86. The summed E-state index contributed by atoms with van der Waals surface area (Å²) in [7, 11) is 0. The maximum absolute atomic E-state index is 4.20. The van der Waals surface area contributed by atoms with E-state index in [1.165, 1.54) is 21.6 Å². The third-order valence-electron chi connectivity index (χ3n) is 3.35. The van der Waals surface area contributed by atoms with Crippen molar-refractivity contribution in [1.82, 2.24) is 0 Å². The molecule has 0 aliphatic carbocycles. The lowest BCUT2D eigenvalue weighted by atomic mass is 10.0. The van der Waals surface area contributed by atoms with Crippen LogP contribution in [0.4, 0.5) is 0 Å². The van der Waals surface area contributed by atoms with Gasteiger partial charge in [-0.15, -0.1) is 11.8 Å². The first-order valence-electron chi connectivity index (χ1n) is 6.69. The van der Waals surface area contributed by atoms with Gasteiger partial charge in [0.2, 0.25) is 0 Å². The molecule has 0 saturated carbocycles. The summed E-state index contributed by atoms with van der Waals surface area (Å²) < 4.78 is 0. The summed E-state index contributed by atoms with van der Waals surface area (Å²) in [5.74, 6) is 0.971. The molecule has 2 aromatic carbocycles. The quantitative estimate of drug-likeness (QED) is 0.668. The van der Waals surface area contributed by atoms with E-state index in [0.29, 0.717) is 0 Å². The van der Waals surface area contributed by atoms with Crippen LogP contribution in [-0.2, 0) is 0 Å². The van der Waals surface area contributed by atoms with E-state index in [-0.39, 0.29) is 0 Å². The Kier molecular flexibility index (Phi) is 3.89. The molecule has 0 amide bonds. The van der Waals surface area contributed by atoms with Gasteiger partial charge in [-0.3, -0.25) is 0 Å². The van der Waals surface area contributed by atoms with E-state index in [9.17, 15) is 0 Å². The standard InChI is InChI=1S/C19H16S/c1-15-11-12-17(16-7-3-2-4-8-16)13-14-20-19-10-6-5-9-18(15)19/h2-13H,1,14H2/b12-11-,17-13+. The maximum atomic E-state index is 4.20. The fourth-order valence-corrected chi connectivity index (χ4v) is 3.24. The fourth-order valence-electron chi connectivity index (χ4n) is 2.27. The number of allylic oxidation sites excluding steroid dienone is 4. The lowest BCUT2D eigenvalue weighted by Crippen LogP contribution is -1.83. The van der Waals surface area contributed by atoms with Gasteiger partial charge >= 0.3 is 0 Å². The second kappa shape index (κ2) is 5.98. The molecule has 1 aliphatic heterocycles. The molecule has 0 nitrogen and oxygen atoms in total. The highest BCUT2D eigenvalue weighted by atomic mass is 32.2. The third kappa shape index (κ3) is 2.78. The predicted molar refractivity (Wildman–Crippen MR) is 89.8 cm³/mol. The van der Waals surface area contributed by atoms with Crippen LogP contribution < -0.4 is 0 Å². The van der Waals surface area contributed by atoms with Crippen molar-refractivity contribution in [3.63, 3.8) is 0 Å². The molecule has 0 radical (unpaired) electrons. The van der Waals surface area contributed by atoms with Crippen LogP contribution in [0.1, 0.15) is 11.1 Å². The average molecular weight is 276 g/mol. The zero-order valence-electron chi connectivity index (χ0n) is 11.3. The molecule has 0 aromatic heterocycles. The minimum absolute atomic E-state index is 0.971. The molecule has 98 valence electrons. The van der Waals surface area contributed by atoms with Crippen molar-refractivity contribution in [2.75, 3.05) is 5.75 Å². The van der Waals surface area contributed by atoms with E-state index in [2.05, 4.69) is 73.3 Å². The summed E-state index contributed by atoms with van der Waals surface area (Å²) in [4.78, 5) is 1.30. The van der Waals surface area contributed by atoms with E-state index in [1.54, 1.807) is 0 Å². The predicted octanol–water partition coefficient (Wildman–Crippen LogP) is 5.45. The van der Waals surface area contributed by atoms with Crippen molar-refractivity contribution < 1.29 is 0 Å². The van der Waals surface area contributed by atoms with Gasteiger partial charge < -0.3 is 0 Å². The second-order valence-corrected chi connectivity index (χ2v) is 5.75. The summed E-state index contributed by atoms with van der Waals surface area (Å²) in [6.07, 6.45) is 6.57. The Balaban J connectivity index is 1.98. The van der Waals surface area contributed by atoms with Crippen LogP contribution in [0.5, 0.6) is 0 Å². The van der Waals surface area contributed by atoms with E-state index in [4.69, 9.17) is 0 Å². The number of hydrogen-bond donors (Lipinski definition) is 0. The largest absolute Gasteiger partial charge is 0.121 e. The van der Waals surface area contributed by atoms with Gasteiger partial charge in [0.05, 0.1) is 0 Å². The van der Waals surface area contributed by atoms with Gasteiger partial charge in [-0.25, -0.2) is 0 Å². The average Bonchev–Trinajstić information content (AvgIpc) is 2.58. The summed E-state index contributed by atoms with van der Waals surface area (Å²) in [6, 6.07) is 19.0. The molecule has 0 atom stereocenters. The monoisotopic (exact) mass is 276 g/mol. The molecule has 3 rings (SSSR count). The Bertz CT molecular complexity index is 678. The Hall–Kier alpha value is -1.99. The molecule has 2 aromatic rings. The number of thioether (sulfide) groups is 1. The Morgan fingerprint density at radius 2 is 1.60 bits per heavy atom. The van der Waals surface area contributed by atoms with Crippen LogP contribution in [0, 0.1) is 0 Å². The zero-order valence-corrected chi connectivity index (χ0v) is 12.1. The van der Waals surface area contributed by atoms with Crippen LogP contribution in [0.3, 0.4) is 0 Å². The van der Waals surface area contributed by atoms with E-state index < -0.39 is 0 Å². The number of fused-ring (bicyclic) bond motifs is 1. The summed E-state index contributed by atoms with van der Waals surface area (Å²) in [6.45, 7) is 4.20. The van der Waals surface area contributed by atoms with Gasteiger partial charge in [-0.05, 0) is 28.3 Å². The fraction of sp³-hybridized carbons (Fsp3) is 0.0526. The molecule has 0 bridgehead atoms. The number of rotatable bonds is 1. The summed E-state index contributed by atoms with van der Waals surface area (Å²) in [5.41, 5.74) is 4.81. The molecule has 0 saturated heterocycles. The van der Waals surface area contributed by atoms with E-state index in [1.807, 2.05) is 17.8 Å². The zero-order chi connectivity index (χ0) is 13.8. The maximum Gasteiger partial charge on any atom is 0.0170 e. The molecule has 1 aliphatic rings. The van der Waals surface area contributed by atoms with Crippen molar-refractivity contribution in [2.45, 2.75) is 4.90 Å². The Morgan fingerprint density at radius 3 is 2.45 bits per heavy atom. The van der Waals surface area contributed by atoms with Gasteiger partial charge in [0, 0.05) is 10.6 Å². The molecule has 0 unspecified atom stereocenters. The lowest BCUT2D eigenvalue weighted by molar-refractivity contribution is 1.41. The van der Waals surface area contributed by atoms with E-state index >= 15 is 0 Å². The Labute approximate surface area is 124 Å². The van der Waals surface area contributed by atoms with Crippen molar-refractivity contribution >= 4 is 22.9 Å². The Morgan fingerprint density at radius 1 is 0.850 bits per heavy atom. The van der Waals surface area contributed by atoms with Crippen LogP contribution in [0.2, 0.25) is 0 Å². The first-order chi connectivity index (χ1) is 9.84. The highest BCUT2D eigenvalue weighted by molar-refractivity contribution is 7.99. The molecule has 1 heterocycles. The highest BCUT2D eigenvalue weighted by Gasteiger charge is 2.06. The van der Waals surface area contributed by atoms with Gasteiger partial charge in [0.1, 0.15) is 0 Å². The normalized spacial score (nSPS) is 19.0. The van der Waals surface area contributed by atoms with Crippen molar-refractivity contribution in [3.8, 4) is 0 Å². The van der Waals surface area contributed by atoms with Crippen molar-refractivity contribution in [1.29, 1.82) is 0 Å². The molecule has 0 spiro atoms. The van der Waals surface area contributed by atoms with Gasteiger partial charge in [-0.2, -0.15) is 0 Å². The molecule has 1 heteroatoms. The lowest BCUT2D eigenvalue weighted by Gasteiger charge is -2.06. The van der Waals surface area contributed by atoms with Crippen molar-refractivity contribution in [3.05, 3.63) is 90.5 Å². The number of benzene rings is 2. The topological polar surface area (TPSA) is 0 Å². The SMILES string of the molecule is C=C1/C=C\C(c2ccccc2)=C/CSc2ccccc21. The van der Waals surface area contributed by atoms with E-state index in [0.717, 1.165) is 11.3 Å². The molecular formula is C19H16S. The van der Waals surface area contributed by atoms with Gasteiger partial charge in [-0.1, -0.05) is 73.3 Å². The van der Waals surface area contributed by atoms with Crippen LogP contribution in [-0.4, -0.2) is 5.75 Å². The first kappa shape index (κ1) is 13.0. The third-order valence-corrected chi connectivity index (χ3v) is 4.35. The van der Waals surface area contributed by atoms with Crippen LogP contribution in [0.15, 0.2) is 84.3 Å². The molecule has 0 N–H and O–H groups in total.